The lowest BCUT2D eigenvalue weighted by molar-refractivity contribution is 0.154. The summed E-state index contributed by atoms with van der Waals surface area (Å²) in [5.74, 6) is 1.89. The fraction of sp³-hybridized carbons (Fsp3) is 0.667. The zero-order valence-corrected chi connectivity index (χ0v) is 10.4. The lowest BCUT2D eigenvalue weighted by atomic mass is 10.1. The van der Waals surface area contributed by atoms with Gasteiger partial charge in [-0.2, -0.15) is 9.97 Å². The molecule has 1 aromatic heterocycles. The van der Waals surface area contributed by atoms with E-state index in [0.717, 1.165) is 25.9 Å². The van der Waals surface area contributed by atoms with Crippen LogP contribution in [-0.2, 0) is 0 Å². The lowest BCUT2D eigenvalue weighted by Crippen LogP contribution is -2.34. The van der Waals surface area contributed by atoms with E-state index < -0.39 is 0 Å². The van der Waals surface area contributed by atoms with Gasteiger partial charge >= 0.3 is 0 Å². The summed E-state index contributed by atoms with van der Waals surface area (Å²) in [6, 6.07) is 1.76. The van der Waals surface area contributed by atoms with Gasteiger partial charge in [0.1, 0.15) is 11.9 Å². The van der Waals surface area contributed by atoms with E-state index in [9.17, 15) is 0 Å². The van der Waals surface area contributed by atoms with Crippen molar-refractivity contribution in [3.8, 4) is 11.8 Å². The van der Waals surface area contributed by atoms with Gasteiger partial charge in [0.15, 0.2) is 0 Å². The minimum atomic E-state index is 0.250. The molecule has 0 radical (unpaired) electrons. The van der Waals surface area contributed by atoms with E-state index in [2.05, 4.69) is 15.3 Å². The van der Waals surface area contributed by atoms with E-state index in [-0.39, 0.29) is 6.10 Å². The second-order valence-electron chi connectivity index (χ2n) is 4.09. The van der Waals surface area contributed by atoms with E-state index in [1.807, 2.05) is 13.8 Å². The van der Waals surface area contributed by atoms with E-state index in [4.69, 9.17) is 9.47 Å². The van der Waals surface area contributed by atoms with Crippen molar-refractivity contribution in [2.75, 3.05) is 19.7 Å². The van der Waals surface area contributed by atoms with Crippen molar-refractivity contribution in [1.82, 2.24) is 15.3 Å². The van der Waals surface area contributed by atoms with Crippen LogP contribution in [0.15, 0.2) is 6.07 Å². The number of ether oxygens (including phenoxy) is 2. The molecule has 5 heteroatoms. The maximum atomic E-state index is 5.85. The zero-order chi connectivity index (χ0) is 12.1. The summed E-state index contributed by atoms with van der Waals surface area (Å²) in [5.41, 5.74) is 0. The maximum Gasteiger partial charge on any atom is 0.220 e. The van der Waals surface area contributed by atoms with E-state index in [1.54, 1.807) is 6.07 Å². The average molecular weight is 237 g/mol. The summed E-state index contributed by atoms with van der Waals surface area (Å²) in [4.78, 5) is 8.47. The van der Waals surface area contributed by atoms with Crippen LogP contribution < -0.4 is 14.8 Å². The van der Waals surface area contributed by atoms with E-state index in [0.29, 0.717) is 24.2 Å². The monoisotopic (exact) mass is 237 g/mol. The van der Waals surface area contributed by atoms with Crippen molar-refractivity contribution in [1.29, 1.82) is 0 Å². The first-order valence-corrected chi connectivity index (χ1v) is 6.14. The molecule has 94 valence electrons. The van der Waals surface area contributed by atoms with Crippen LogP contribution in [0.5, 0.6) is 11.8 Å². The lowest BCUT2D eigenvalue weighted by Gasteiger charge is -2.23. The summed E-state index contributed by atoms with van der Waals surface area (Å²) in [7, 11) is 0. The van der Waals surface area contributed by atoms with Crippen molar-refractivity contribution >= 4 is 0 Å². The van der Waals surface area contributed by atoms with Crippen LogP contribution in [0, 0.1) is 6.92 Å². The highest BCUT2D eigenvalue weighted by Gasteiger charge is 2.15. The number of hydrogen-bond acceptors (Lipinski definition) is 5. The summed E-state index contributed by atoms with van der Waals surface area (Å²) in [6.45, 7) is 6.39. The SMILES string of the molecule is CCOc1cc(OC2CCNCC2)nc(C)n1. The molecule has 17 heavy (non-hydrogen) atoms. The molecule has 0 aliphatic carbocycles. The largest absolute Gasteiger partial charge is 0.478 e. The average Bonchev–Trinajstić information content (AvgIpc) is 2.30. The van der Waals surface area contributed by atoms with Gasteiger partial charge in [0, 0.05) is 0 Å². The molecule has 0 spiro atoms. The number of hydrogen-bond donors (Lipinski definition) is 1. The number of aryl methyl sites for hydroxylation is 1. The van der Waals surface area contributed by atoms with Crippen LogP contribution >= 0.6 is 0 Å². The number of piperidine rings is 1. The van der Waals surface area contributed by atoms with Crippen molar-refractivity contribution < 1.29 is 9.47 Å². The van der Waals surface area contributed by atoms with Crippen LogP contribution in [-0.4, -0.2) is 35.8 Å². The van der Waals surface area contributed by atoms with Crippen LogP contribution in [0.3, 0.4) is 0 Å². The Labute approximate surface area is 102 Å². The van der Waals surface area contributed by atoms with Gasteiger partial charge in [-0.25, -0.2) is 0 Å². The number of nitrogens with zero attached hydrogens (tertiary/aromatic N) is 2. The fourth-order valence-electron chi connectivity index (χ4n) is 1.88. The summed E-state index contributed by atoms with van der Waals surface area (Å²) < 4.78 is 11.2. The molecule has 2 heterocycles. The molecule has 1 aliphatic rings. The molecule has 1 N–H and O–H groups in total. The normalized spacial score (nSPS) is 16.8. The number of rotatable bonds is 4. The van der Waals surface area contributed by atoms with Gasteiger partial charge in [0.05, 0.1) is 12.7 Å². The first-order chi connectivity index (χ1) is 8.28. The fourth-order valence-corrected chi connectivity index (χ4v) is 1.88. The smallest absolute Gasteiger partial charge is 0.220 e. The Kier molecular flexibility index (Phi) is 4.14. The van der Waals surface area contributed by atoms with Crippen LogP contribution in [0.1, 0.15) is 25.6 Å². The third-order valence-corrected chi connectivity index (χ3v) is 2.66. The van der Waals surface area contributed by atoms with Gasteiger partial charge < -0.3 is 14.8 Å². The first-order valence-electron chi connectivity index (χ1n) is 6.14. The summed E-state index contributed by atoms with van der Waals surface area (Å²) >= 11 is 0. The van der Waals surface area contributed by atoms with Gasteiger partial charge in [-0.15, -0.1) is 0 Å². The highest BCUT2D eigenvalue weighted by Crippen LogP contribution is 2.19. The molecule has 0 aromatic carbocycles. The van der Waals surface area contributed by atoms with E-state index >= 15 is 0 Å². The Morgan fingerprint density at radius 2 is 2.00 bits per heavy atom. The van der Waals surface area contributed by atoms with Gasteiger partial charge in [-0.05, 0) is 39.8 Å². The quantitative estimate of drug-likeness (QED) is 0.855. The van der Waals surface area contributed by atoms with Crippen molar-refractivity contribution in [3.63, 3.8) is 0 Å². The number of aromatic nitrogens is 2. The van der Waals surface area contributed by atoms with Crippen LogP contribution in [0.2, 0.25) is 0 Å². The van der Waals surface area contributed by atoms with Gasteiger partial charge in [0.25, 0.3) is 0 Å². The maximum absolute atomic E-state index is 5.85. The van der Waals surface area contributed by atoms with E-state index in [1.165, 1.54) is 0 Å². The standard InChI is InChI=1S/C12H19N3O2/c1-3-16-11-8-12(15-9(2)14-11)17-10-4-6-13-7-5-10/h8,10,13H,3-7H2,1-2H3. The molecule has 0 unspecified atom stereocenters. The Bertz CT molecular complexity index is 365. The molecule has 1 aliphatic heterocycles. The first kappa shape index (κ1) is 12.1. The molecular weight excluding hydrogens is 218 g/mol. The van der Waals surface area contributed by atoms with Gasteiger partial charge in [0.2, 0.25) is 11.8 Å². The van der Waals surface area contributed by atoms with Crippen molar-refractivity contribution in [2.45, 2.75) is 32.8 Å². The molecule has 1 fully saturated rings. The Morgan fingerprint density at radius 3 is 2.71 bits per heavy atom. The minimum Gasteiger partial charge on any atom is -0.478 e. The predicted molar refractivity (Wildman–Crippen MR) is 64.5 cm³/mol. The second kappa shape index (κ2) is 5.82. The second-order valence-corrected chi connectivity index (χ2v) is 4.09. The molecule has 5 nitrogen and oxygen atoms in total. The highest BCUT2D eigenvalue weighted by atomic mass is 16.5. The molecular formula is C12H19N3O2. The van der Waals surface area contributed by atoms with Crippen molar-refractivity contribution in [3.05, 3.63) is 11.9 Å². The Hall–Kier alpha value is -1.36. The third-order valence-electron chi connectivity index (χ3n) is 2.66. The van der Waals surface area contributed by atoms with Crippen LogP contribution in [0.25, 0.3) is 0 Å². The molecule has 0 saturated carbocycles. The molecule has 2 rings (SSSR count). The van der Waals surface area contributed by atoms with Crippen molar-refractivity contribution in [2.24, 2.45) is 0 Å². The highest BCUT2D eigenvalue weighted by molar-refractivity contribution is 5.20. The van der Waals surface area contributed by atoms with Crippen LogP contribution in [0.4, 0.5) is 0 Å². The predicted octanol–water partition coefficient (Wildman–Crippen LogP) is 1.31. The topological polar surface area (TPSA) is 56.3 Å². The Balaban J connectivity index is 2.03. The number of nitrogens with one attached hydrogen (secondary N) is 1. The molecule has 0 bridgehead atoms. The molecule has 1 aromatic rings. The van der Waals surface area contributed by atoms with Gasteiger partial charge in [-0.3, -0.25) is 0 Å². The Morgan fingerprint density at radius 1 is 1.29 bits per heavy atom. The summed E-state index contributed by atoms with van der Waals surface area (Å²) in [6.07, 6.45) is 2.29. The molecule has 0 atom stereocenters. The van der Waals surface area contributed by atoms with Gasteiger partial charge in [-0.1, -0.05) is 0 Å². The molecule has 1 saturated heterocycles. The minimum absolute atomic E-state index is 0.250. The summed E-state index contributed by atoms with van der Waals surface area (Å²) in [5, 5.41) is 3.31. The zero-order valence-electron chi connectivity index (χ0n) is 10.4. The third kappa shape index (κ3) is 3.56. The molecule has 0 amide bonds.